The van der Waals surface area contributed by atoms with Crippen LogP contribution in [-0.4, -0.2) is 19.8 Å². The molecule has 104 valence electrons. The van der Waals surface area contributed by atoms with Crippen LogP contribution in [0.4, 0.5) is 0 Å². The van der Waals surface area contributed by atoms with Gasteiger partial charge in [0, 0.05) is 12.5 Å². The van der Waals surface area contributed by atoms with Crippen molar-refractivity contribution in [3.63, 3.8) is 0 Å². The summed E-state index contributed by atoms with van der Waals surface area (Å²) in [6, 6.07) is 0. The second-order valence-electron chi connectivity index (χ2n) is 8.48. The van der Waals surface area contributed by atoms with Crippen LogP contribution in [0.15, 0.2) is 23.8 Å². The molecular weight excluding hydrogens is 248 g/mol. The zero-order valence-corrected chi connectivity index (χ0v) is 13.6. The van der Waals surface area contributed by atoms with Crippen LogP contribution in [0, 0.1) is 29.1 Å². The topological polar surface area (TPSA) is 20.2 Å². The number of hydrogen-bond donors (Lipinski definition) is 1. The van der Waals surface area contributed by atoms with Crippen molar-refractivity contribution >= 4 is 8.07 Å². The average Bonchev–Trinajstić information content (AvgIpc) is 2.83. The lowest BCUT2D eigenvalue weighted by molar-refractivity contribution is 0.243. The molecule has 0 aromatic heterocycles. The van der Waals surface area contributed by atoms with Gasteiger partial charge in [0.15, 0.2) is 0 Å². The van der Waals surface area contributed by atoms with E-state index in [0.717, 1.165) is 24.2 Å². The molecule has 5 aliphatic rings. The lowest BCUT2D eigenvalue weighted by Gasteiger charge is -2.43. The first kappa shape index (κ1) is 12.4. The number of hydrogen-bond acceptors (Lipinski definition) is 1. The van der Waals surface area contributed by atoms with Gasteiger partial charge in [-0.3, -0.25) is 0 Å². The molecule has 0 radical (unpaired) electrons. The second kappa shape index (κ2) is 3.28. The molecule has 5 aliphatic carbocycles. The Morgan fingerprint density at radius 1 is 1.26 bits per heavy atom. The van der Waals surface area contributed by atoms with E-state index in [4.69, 9.17) is 0 Å². The van der Waals surface area contributed by atoms with Crippen molar-refractivity contribution < 1.29 is 5.11 Å². The van der Waals surface area contributed by atoms with E-state index in [0.29, 0.717) is 23.0 Å². The lowest BCUT2D eigenvalue weighted by Crippen LogP contribution is -2.42. The smallest absolute Gasteiger partial charge is 0.0528 e. The molecule has 5 rings (SSSR count). The normalized spacial score (nSPS) is 53.2. The van der Waals surface area contributed by atoms with Crippen molar-refractivity contribution in [3.05, 3.63) is 23.8 Å². The van der Waals surface area contributed by atoms with Gasteiger partial charge in [-0.25, -0.2) is 0 Å². The Hall–Kier alpha value is -0.343. The third-order valence-corrected chi connectivity index (χ3v) is 10.8. The molecule has 6 atom stereocenters. The van der Waals surface area contributed by atoms with E-state index in [2.05, 4.69) is 44.8 Å². The summed E-state index contributed by atoms with van der Waals surface area (Å²) >= 11 is 0. The first-order valence-corrected chi connectivity index (χ1v) is 11.4. The van der Waals surface area contributed by atoms with Crippen molar-refractivity contribution in [1.82, 2.24) is 0 Å². The van der Waals surface area contributed by atoms with Crippen LogP contribution >= 0.6 is 0 Å². The van der Waals surface area contributed by atoms with Gasteiger partial charge in [-0.2, -0.15) is 0 Å². The van der Waals surface area contributed by atoms with Crippen LogP contribution in [-0.2, 0) is 0 Å². The lowest BCUT2D eigenvalue weighted by atomic mass is 9.75. The van der Waals surface area contributed by atoms with Gasteiger partial charge >= 0.3 is 0 Å². The monoisotopic (exact) mass is 274 g/mol. The quantitative estimate of drug-likeness (QED) is 0.612. The SMILES string of the molecule is CC12C=C(CCO)[C@@H]3C=C[C@H]4[C@H](C[C@@H]31)C42[Si](C)(C)C. The maximum Gasteiger partial charge on any atom is 0.0528 e. The van der Waals surface area contributed by atoms with Gasteiger partial charge in [0.2, 0.25) is 0 Å². The van der Waals surface area contributed by atoms with Gasteiger partial charge < -0.3 is 5.11 Å². The van der Waals surface area contributed by atoms with Gasteiger partial charge in [0.05, 0.1) is 8.07 Å². The Kier molecular flexibility index (Phi) is 2.14. The number of allylic oxidation sites excluding steroid dienone is 3. The van der Waals surface area contributed by atoms with E-state index in [1.807, 2.05) is 0 Å². The molecule has 2 unspecified atom stereocenters. The molecule has 0 aliphatic heterocycles. The first-order chi connectivity index (χ1) is 8.88. The van der Waals surface area contributed by atoms with Crippen LogP contribution in [0.3, 0.4) is 0 Å². The minimum atomic E-state index is -1.20. The predicted molar refractivity (Wildman–Crippen MR) is 81.6 cm³/mol. The van der Waals surface area contributed by atoms with Gasteiger partial charge in [0.25, 0.3) is 0 Å². The molecule has 0 aromatic carbocycles. The maximum atomic E-state index is 9.34. The summed E-state index contributed by atoms with van der Waals surface area (Å²) in [5.41, 5.74) is 1.96. The molecular formula is C17H26OSi. The minimum absolute atomic E-state index is 0.311. The van der Waals surface area contributed by atoms with E-state index in [1.165, 1.54) is 12.0 Å². The van der Waals surface area contributed by atoms with E-state index in [9.17, 15) is 5.11 Å². The third kappa shape index (κ3) is 1.10. The molecule has 2 fully saturated rings. The zero-order valence-electron chi connectivity index (χ0n) is 12.6. The first-order valence-electron chi connectivity index (χ1n) is 7.88. The highest BCUT2D eigenvalue weighted by Crippen LogP contribution is 2.90. The molecule has 2 saturated carbocycles. The fourth-order valence-corrected chi connectivity index (χ4v) is 11.4. The van der Waals surface area contributed by atoms with E-state index in [-0.39, 0.29) is 0 Å². The molecule has 1 nitrogen and oxygen atoms in total. The second-order valence-corrected chi connectivity index (χ2v) is 13.8. The number of aliphatic hydroxyl groups is 1. The Morgan fingerprint density at radius 2 is 2.00 bits per heavy atom. The number of rotatable bonds is 3. The minimum Gasteiger partial charge on any atom is -0.396 e. The van der Waals surface area contributed by atoms with E-state index in [1.54, 1.807) is 0 Å². The molecule has 1 N–H and O–H groups in total. The molecule has 0 amide bonds. The van der Waals surface area contributed by atoms with E-state index >= 15 is 0 Å². The van der Waals surface area contributed by atoms with E-state index < -0.39 is 8.07 Å². The Morgan fingerprint density at radius 3 is 2.63 bits per heavy atom. The van der Waals surface area contributed by atoms with Crippen molar-refractivity contribution in [3.8, 4) is 0 Å². The maximum absolute atomic E-state index is 9.34. The summed E-state index contributed by atoms with van der Waals surface area (Å²) in [5.74, 6) is 3.32. The van der Waals surface area contributed by atoms with Gasteiger partial charge in [-0.05, 0) is 41.0 Å². The summed E-state index contributed by atoms with van der Waals surface area (Å²) in [6.07, 6.45) is 10.0. The molecule has 19 heavy (non-hydrogen) atoms. The van der Waals surface area contributed by atoms with Crippen molar-refractivity contribution in [2.24, 2.45) is 29.1 Å². The van der Waals surface area contributed by atoms with Crippen LogP contribution in [0.2, 0.25) is 24.7 Å². The van der Waals surface area contributed by atoms with Crippen molar-refractivity contribution in [2.75, 3.05) is 6.61 Å². The predicted octanol–water partition coefficient (Wildman–Crippen LogP) is 3.85. The van der Waals surface area contributed by atoms with Crippen LogP contribution < -0.4 is 0 Å². The highest BCUT2D eigenvalue weighted by Gasteiger charge is 2.83. The average molecular weight is 274 g/mol. The molecule has 0 heterocycles. The Labute approximate surface area is 117 Å². The molecule has 0 saturated heterocycles. The summed E-state index contributed by atoms with van der Waals surface area (Å²) in [5, 5.41) is 9.96. The highest BCUT2D eigenvalue weighted by atomic mass is 28.3. The van der Waals surface area contributed by atoms with Gasteiger partial charge in [0.1, 0.15) is 0 Å². The molecule has 2 heteroatoms. The Balaban J connectivity index is 1.88. The van der Waals surface area contributed by atoms with Gasteiger partial charge in [-0.15, -0.1) is 0 Å². The zero-order chi connectivity index (χ0) is 13.6. The van der Waals surface area contributed by atoms with Crippen LogP contribution in [0.1, 0.15) is 19.8 Å². The largest absolute Gasteiger partial charge is 0.396 e. The van der Waals surface area contributed by atoms with Crippen LogP contribution in [0.25, 0.3) is 0 Å². The highest BCUT2D eigenvalue weighted by molar-refractivity contribution is 6.80. The molecule has 0 spiro atoms. The standard InChI is InChI=1S/C17H26OSi/c1-16-10-11(7-8-18)12-5-6-13-15(9-14(12)16)17(13,16)19(2,3)4/h5-6,10,12-15,18H,7-9H2,1-4H3/t12-,13-,14-,15-,16?,17?/m0/s1. The van der Waals surface area contributed by atoms with Crippen molar-refractivity contribution in [2.45, 2.75) is 44.4 Å². The van der Waals surface area contributed by atoms with Crippen molar-refractivity contribution in [1.29, 1.82) is 0 Å². The summed E-state index contributed by atoms with van der Waals surface area (Å²) in [4.78, 5) is 0. The summed E-state index contributed by atoms with van der Waals surface area (Å²) in [6.45, 7) is 10.6. The third-order valence-electron chi connectivity index (χ3n) is 7.12. The van der Waals surface area contributed by atoms with Gasteiger partial charge in [-0.1, -0.05) is 50.4 Å². The summed E-state index contributed by atoms with van der Waals surface area (Å²) < 4.78 is 0. The fourth-order valence-electron chi connectivity index (χ4n) is 6.91. The fraction of sp³-hybridized carbons (Fsp3) is 0.765. The molecule has 0 aromatic rings. The Bertz CT molecular complexity index is 500. The van der Waals surface area contributed by atoms with Crippen LogP contribution in [0.5, 0.6) is 0 Å². The molecule has 6 bridgehead atoms. The number of aliphatic hydroxyl groups excluding tert-OH is 1. The summed E-state index contributed by atoms with van der Waals surface area (Å²) in [7, 11) is -1.20.